The van der Waals surface area contributed by atoms with Crippen LogP contribution in [-0.4, -0.2) is 25.1 Å². The summed E-state index contributed by atoms with van der Waals surface area (Å²) in [6.45, 7) is 0. The number of methoxy groups -OCH3 is 2. The molecule has 5 nitrogen and oxygen atoms in total. The minimum absolute atomic E-state index is 0.0515. The molecule has 1 amide bonds. The van der Waals surface area contributed by atoms with E-state index in [1.807, 2.05) is 66.7 Å². The topological polar surface area (TPSA) is 60.5 Å². The van der Waals surface area contributed by atoms with E-state index >= 15 is 0 Å². The van der Waals surface area contributed by atoms with Crippen LogP contribution in [0.25, 0.3) is 0 Å². The second kappa shape index (κ2) is 9.55. The Morgan fingerprint density at radius 3 is 2.46 bits per heavy atom. The highest BCUT2D eigenvalue weighted by atomic mass is 16.5. The van der Waals surface area contributed by atoms with E-state index in [4.69, 9.17) is 9.47 Å². The van der Waals surface area contributed by atoms with Crippen LogP contribution in [0.3, 0.4) is 0 Å². The van der Waals surface area contributed by atoms with Crippen molar-refractivity contribution in [1.29, 1.82) is 0 Å². The number of carbonyl (C=O) groups excluding carboxylic acids is 1. The maximum absolute atomic E-state index is 12.7. The molecule has 3 rings (SSSR count). The Labute approximate surface area is 165 Å². The normalized spacial score (nSPS) is 11.5. The molecule has 0 bridgehead atoms. The van der Waals surface area contributed by atoms with E-state index in [1.54, 1.807) is 20.4 Å². The van der Waals surface area contributed by atoms with Gasteiger partial charge in [0, 0.05) is 12.6 Å². The van der Waals surface area contributed by atoms with E-state index in [2.05, 4.69) is 10.3 Å². The third kappa shape index (κ3) is 4.88. The number of aromatic nitrogens is 1. The first-order valence-corrected chi connectivity index (χ1v) is 9.17. The summed E-state index contributed by atoms with van der Waals surface area (Å²) in [4.78, 5) is 17.1. The van der Waals surface area contributed by atoms with Gasteiger partial charge in [0.2, 0.25) is 5.91 Å². The van der Waals surface area contributed by atoms with Gasteiger partial charge >= 0.3 is 0 Å². The van der Waals surface area contributed by atoms with Crippen LogP contribution in [0.2, 0.25) is 0 Å². The molecule has 1 atom stereocenters. The van der Waals surface area contributed by atoms with Crippen molar-refractivity contribution in [3.8, 4) is 11.5 Å². The minimum atomic E-state index is -0.290. The largest absolute Gasteiger partial charge is 0.497 e. The number of rotatable bonds is 8. The van der Waals surface area contributed by atoms with Gasteiger partial charge in [0.15, 0.2) is 0 Å². The Morgan fingerprint density at radius 1 is 1.00 bits per heavy atom. The molecule has 3 aromatic rings. The number of pyridine rings is 1. The van der Waals surface area contributed by atoms with Crippen LogP contribution in [0.5, 0.6) is 11.5 Å². The Hall–Kier alpha value is -3.34. The fourth-order valence-corrected chi connectivity index (χ4v) is 3.08. The van der Waals surface area contributed by atoms with Crippen LogP contribution in [0, 0.1) is 0 Å². The number of nitrogens with zero attached hydrogens (tertiary/aromatic N) is 1. The number of ether oxygens (including phenoxy) is 2. The molecule has 0 radical (unpaired) electrons. The van der Waals surface area contributed by atoms with E-state index in [1.165, 1.54) is 0 Å². The zero-order chi connectivity index (χ0) is 19.8. The monoisotopic (exact) mass is 376 g/mol. The summed E-state index contributed by atoms with van der Waals surface area (Å²) in [6.07, 6.45) is 2.62. The van der Waals surface area contributed by atoms with Crippen molar-refractivity contribution in [1.82, 2.24) is 10.3 Å². The fraction of sp³-hybridized carbons (Fsp3) is 0.217. The summed E-state index contributed by atoms with van der Waals surface area (Å²) in [5, 5.41) is 3.11. The summed E-state index contributed by atoms with van der Waals surface area (Å²) in [6, 6.07) is 20.9. The second-order valence-electron chi connectivity index (χ2n) is 6.34. The van der Waals surface area contributed by atoms with E-state index in [0.717, 1.165) is 28.3 Å². The zero-order valence-corrected chi connectivity index (χ0v) is 16.1. The third-order valence-corrected chi connectivity index (χ3v) is 4.53. The Bertz CT molecular complexity index is 859. The van der Waals surface area contributed by atoms with Crippen LogP contribution in [0.15, 0.2) is 72.9 Å². The average molecular weight is 376 g/mol. The first-order valence-electron chi connectivity index (χ1n) is 9.17. The molecule has 1 heterocycles. The highest BCUT2D eigenvalue weighted by Gasteiger charge is 2.18. The molecule has 0 saturated carbocycles. The lowest BCUT2D eigenvalue weighted by Crippen LogP contribution is -2.30. The number of benzene rings is 2. The van der Waals surface area contributed by atoms with Gasteiger partial charge in [0.25, 0.3) is 0 Å². The number of amides is 1. The molecule has 1 aromatic heterocycles. The van der Waals surface area contributed by atoms with Crippen LogP contribution in [0.4, 0.5) is 0 Å². The molecular formula is C23H24N2O3. The van der Waals surface area contributed by atoms with E-state index < -0.39 is 0 Å². The molecule has 1 unspecified atom stereocenters. The van der Waals surface area contributed by atoms with Crippen LogP contribution < -0.4 is 14.8 Å². The van der Waals surface area contributed by atoms with Gasteiger partial charge in [-0.15, -0.1) is 0 Å². The van der Waals surface area contributed by atoms with Crippen LogP contribution in [0.1, 0.15) is 29.3 Å². The number of aryl methyl sites for hydroxylation is 1. The van der Waals surface area contributed by atoms with Gasteiger partial charge in [0.05, 0.1) is 26.0 Å². The highest BCUT2D eigenvalue weighted by Crippen LogP contribution is 2.25. The van der Waals surface area contributed by atoms with Crippen molar-refractivity contribution in [3.63, 3.8) is 0 Å². The molecule has 0 aliphatic carbocycles. The lowest BCUT2D eigenvalue weighted by atomic mass is 10.0. The highest BCUT2D eigenvalue weighted by molar-refractivity contribution is 5.77. The van der Waals surface area contributed by atoms with E-state index in [9.17, 15) is 4.79 Å². The van der Waals surface area contributed by atoms with Gasteiger partial charge < -0.3 is 14.8 Å². The molecule has 28 heavy (non-hydrogen) atoms. The number of carbonyl (C=O) groups is 1. The SMILES string of the molecule is COc1ccc(OC)c(CCC(=O)NC(c2ccccc2)c2ccccn2)c1. The van der Waals surface area contributed by atoms with Gasteiger partial charge in [-0.05, 0) is 47.9 Å². The van der Waals surface area contributed by atoms with Crippen molar-refractivity contribution in [2.75, 3.05) is 14.2 Å². The predicted molar refractivity (Wildman–Crippen MR) is 109 cm³/mol. The van der Waals surface area contributed by atoms with Crippen molar-refractivity contribution in [2.45, 2.75) is 18.9 Å². The van der Waals surface area contributed by atoms with Gasteiger partial charge in [-0.3, -0.25) is 9.78 Å². The van der Waals surface area contributed by atoms with Crippen molar-refractivity contribution >= 4 is 5.91 Å². The lowest BCUT2D eigenvalue weighted by molar-refractivity contribution is -0.121. The molecule has 0 spiro atoms. The quantitative estimate of drug-likeness (QED) is 0.647. The van der Waals surface area contributed by atoms with Crippen LogP contribution in [-0.2, 0) is 11.2 Å². The Kier molecular flexibility index (Phi) is 6.63. The predicted octanol–water partition coefficient (Wildman–Crippen LogP) is 3.94. The molecule has 1 N–H and O–H groups in total. The lowest BCUT2D eigenvalue weighted by Gasteiger charge is -2.19. The van der Waals surface area contributed by atoms with Gasteiger partial charge in [-0.2, -0.15) is 0 Å². The Balaban J connectivity index is 1.73. The summed E-state index contributed by atoms with van der Waals surface area (Å²) in [5.41, 5.74) is 2.74. The summed E-state index contributed by atoms with van der Waals surface area (Å²) in [7, 11) is 3.24. The van der Waals surface area contributed by atoms with Gasteiger partial charge in [-0.25, -0.2) is 0 Å². The van der Waals surface area contributed by atoms with Gasteiger partial charge in [-0.1, -0.05) is 36.4 Å². The van der Waals surface area contributed by atoms with Crippen LogP contribution >= 0.6 is 0 Å². The third-order valence-electron chi connectivity index (χ3n) is 4.53. The molecule has 5 heteroatoms. The number of hydrogen-bond donors (Lipinski definition) is 1. The Morgan fingerprint density at radius 2 is 1.79 bits per heavy atom. The van der Waals surface area contributed by atoms with Gasteiger partial charge in [0.1, 0.15) is 11.5 Å². The first kappa shape index (κ1) is 19.4. The molecular weight excluding hydrogens is 352 g/mol. The molecule has 144 valence electrons. The van der Waals surface area contributed by atoms with E-state index in [-0.39, 0.29) is 11.9 Å². The minimum Gasteiger partial charge on any atom is -0.497 e. The molecule has 0 fully saturated rings. The van der Waals surface area contributed by atoms with Crippen molar-refractivity contribution in [2.24, 2.45) is 0 Å². The number of hydrogen-bond acceptors (Lipinski definition) is 4. The van der Waals surface area contributed by atoms with Crippen molar-refractivity contribution in [3.05, 3.63) is 89.7 Å². The molecule has 0 saturated heterocycles. The maximum atomic E-state index is 12.7. The maximum Gasteiger partial charge on any atom is 0.221 e. The summed E-state index contributed by atoms with van der Waals surface area (Å²) < 4.78 is 10.7. The zero-order valence-electron chi connectivity index (χ0n) is 16.1. The fourth-order valence-electron chi connectivity index (χ4n) is 3.08. The standard InChI is InChI=1S/C23H24N2O3/c1-27-19-12-13-21(28-2)18(16-19)11-14-22(26)25-23(17-8-4-3-5-9-17)20-10-6-7-15-24-20/h3-10,12-13,15-16,23H,11,14H2,1-2H3,(H,25,26). The number of nitrogens with one attached hydrogen (secondary N) is 1. The van der Waals surface area contributed by atoms with E-state index in [0.29, 0.717) is 12.8 Å². The molecule has 0 aliphatic heterocycles. The smallest absolute Gasteiger partial charge is 0.221 e. The second-order valence-corrected chi connectivity index (χ2v) is 6.34. The van der Waals surface area contributed by atoms with Crippen molar-refractivity contribution < 1.29 is 14.3 Å². The summed E-state index contributed by atoms with van der Waals surface area (Å²) >= 11 is 0. The molecule has 0 aliphatic rings. The first-order chi connectivity index (χ1) is 13.7. The summed E-state index contributed by atoms with van der Waals surface area (Å²) in [5.74, 6) is 1.44. The molecule has 2 aromatic carbocycles. The average Bonchev–Trinajstić information content (AvgIpc) is 2.77.